The summed E-state index contributed by atoms with van der Waals surface area (Å²) in [6.07, 6.45) is -4.40. The molecule has 0 saturated carbocycles. The van der Waals surface area contributed by atoms with Crippen molar-refractivity contribution in [3.8, 4) is 0 Å². The minimum atomic E-state index is -4.40. The molecule has 3 nitrogen and oxygen atoms in total. The van der Waals surface area contributed by atoms with E-state index in [0.29, 0.717) is 10.7 Å². The van der Waals surface area contributed by atoms with Gasteiger partial charge in [0.2, 0.25) is 0 Å². The lowest BCUT2D eigenvalue weighted by atomic mass is 10.2. The van der Waals surface area contributed by atoms with Crippen LogP contribution in [0.1, 0.15) is 16.1 Å². The second-order valence-corrected chi connectivity index (χ2v) is 5.38. The van der Waals surface area contributed by atoms with Gasteiger partial charge in [0.05, 0.1) is 5.56 Å². The number of nitrogens with one attached hydrogen (secondary N) is 2. The highest BCUT2D eigenvalue weighted by Gasteiger charge is 2.30. The number of carbonyl (C=O) groups is 1. The molecule has 0 aliphatic rings. The highest BCUT2D eigenvalue weighted by atomic mass is 35.5. The zero-order valence-corrected chi connectivity index (χ0v) is 12.3. The quantitative estimate of drug-likeness (QED) is 0.671. The SMILES string of the molecule is O=C(Nc1ccc(C(F)(F)F)cc1)c1cc2cc(Cl)ccc2[nH]1. The van der Waals surface area contributed by atoms with E-state index in [4.69, 9.17) is 11.6 Å². The largest absolute Gasteiger partial charge is 0.416 e. The molecule has 0 saturated heterocycles. The van der Waals surface area contributed by atoms with Gasteiger partial charge in [-0.05, 0) is 48.5 Å². The lowest BCUT2D eigenvalue weighted by Gasteiger charge is -2.08. The summed E-state index contributed by atoms with van der Waals surface area (Å²) in [7, 11) is 0. The smallest absolute Gasteiger partial charge is 0.351 e. The fourth-order valence-electron chi connectivity index (χ4n) is 2.17. The maximum absolute atomic E-state index is 12.5. The maximum atomic E-state index is 12.5. The number of rotatable bonds is 2. The summed E-state index contributed by atoms with van der Waals surface area (Å²) >= 11 is 5.88. The van der Waals surface area contributed by atoms with E-state index in [9.17, 15) is 18.0 Å². The highest BCUT2D eigenvalue weighted by molar-refractivity contribution is 6.31. The number of amides is 1. The van der Waals surface area contributed by atoms with Gasteiger partial charge in [0.1, 0.15) is 5.69 Å². The molecule has 1 heterocycles. The minimum absolute atomic E-state index is 0.277. The molecule has 0 aliphatic heterocycles. The van der Waals surface area contributed by atoms with E-state index in [0.717, 1.165) is 23.0 Å². The fourth-order valence-corrected chi connectivity index (χ4v) is 2.35. The number of anilines is 1. The molecule has 0 bridgehead atoms. The van der Waals surface area contributed by atoms with Crippen molar-refractivity contribution in [3.05, 3.63) is 64.8 Å². The number of H-pyrrole nitrogens is 1. The lowest BCUT2D eigenvalue weighted by Crippen LogP contribution is -2.12. The Kier molecular flexibility index (Phi) is 3.77. The first-order chi connectivity index (χ1) is 10.8. The number of carbonyl (C=O) groups excluding carboxylic acids is 1. The number of benzene rings is 2. The van der Waals surface area contributed by atoms with Gasteiger partial charge in [-0.25, -0.2) is 0 Å². The van der Waals surface area contributed by atoms with Gasteiger partial charge in [-0.3, -0.25) is 4.79 Å². The molecule has 7 heteroatoms. The highest BCUT2D eigenvalue weighted by Crippen LogP contribution is 2.30. The standard InChI is InChI=1S/C16H10ClF3N2O/c17-11-3-6-13-9(7-11)8-14(22-13)15(23)21-12-4-1-10(2-5-12)16(18,19)20/h1-8,22H,(H,21,23). The van der Waals surface area contributed by atoms with Crippen molar-refractivity contribution in [1.29, 1.82) is 0 Å². The van der Waals surface area contributed by atoms with E-state index in [1.165, 1.54) is 12.1 Å². The third kappa shape index (κ3) is 3.32. The first-order valence-corrected chi connectivity index (χ1v) is 6.97. The molecule has 1 aromatic heterocycles. The summed E-state index contributed by atoms with van der Waals surface area (Å²) in [5.74, 6) is -0.447. The Hall–Kier alpha value is -2.47. The molecular formula is C16H10ClF3N2O. The third-order valence-electron chi connectivity index (χ3n) is 3.30. The summed E-state index contributed by atoms with van der Waals surface area (Å²) in [6.45, 7) is 0. The number of halogens is 4. The van der Waals surface area contributed by atoms with Crippen LogP contribution in [0.5, 0.6) is 0 Å². The average molecular weight is 339 g/mol. The van der Waals surface area contributed by atoms with Crippen LogP contribution in [-0.2, 0) is 6.18 Å². The topological polar surface area (TPSA) is 44.9 Å². The number of fused-ring (bicyclic) bond motifs is 1. The molecule has 3 rings (SSSR count). The summed E-state index contributed by atoms with van der Waals surface area (Å²) in [5, 5.41) is 3.86. The molecule has 0 fully saturated rings. The van der Waals surface area contributed by atoms with Gasteiger partial charge in [-0.1, -0.05) is 11.6 Å². The molecule has 118 valence electrons. The van der Waals surface area contributed by atoms with Crippen LogP contribution in [0.4, 0.5) is 18.9 Å². The molecule has 2 aromatic carbocycles. The predicted molar refractivity (Wildman–Crippen MR) is 82.7 cm³/mol. The van der Waals surface area contributed by atoms with Crippen LogP contribution >= 0.6 is 11.6 Å². The summed E-state index contributed by atoms with van der Waals surface area (Å²) in [5.41, 5.74) is 0.546. The molecule has 0 unspecified atom stereocenters. The fraction of sp³-hybridized carbons (Fsp3) is 0.0625. The van der Waals surface area contributed by atoms with E-state index >= 15 is 0 Å². The Balaban J connectivity index is 1.80. The molecule has 0 atom stereocenters. The zero-order chi connectivity index (χ0) is 16.6. The van der Waals surface area contributed by atoms with E-state index in [-0.39, 0.29) is 5.69 Å². The first-order valence-electron chi connectivity index (χ1n) is 6.60. The van der Waals surface area contributed by atoms with Crippen LogP contribution in [0.2, 0.25) is 5.02 Å². The molecule has 1 amide bonds. The molecule has 0 aliphatic carbocycles. The third-order valence-corrected chi connectivity index (χ3v) is 3.53. The van der Waals surface area contributed by atoms with Crippen LogP contribution in [0.25, 0.3) is 10.9 Å². The van der Waals surface area contributed by atoms with Crippen LogP contribution in [0.15, 0.2) is 48.5 Å². The molecular weight excluding hydrogens is 329 g/mol. The zero-order valence-electron chi connectivity index (χ0n) is 11.5. The van der Waals surface area contributed by atoms with Gasteiger partial charge in [0, 0.05) is 21.6 Å². The van der Waals surface area contributed by atoms with Gasteiger partial charge in [0.15, 0.2) is 0 Å². The van der Waals surface area contributed by atoms with Gasteiger partial charge in [0.25, 0.3) is 5.91 Å². The molecule has 0 radical (unpaired) electrons. The van der Waals surface area contributed by atoms with Crippen LogP contribution in [0, 0.1) is 0 Å². The van der Waals surface area contributed by atoms with Crippen LogP contribution in [0.3, 0.4) is 0 Å². The Morgan fingerprint density at radius 3 is 2.39 bits per heavy atom. The van der Waals surface area contributed by atoms with Crippen molar-refractivity contribution in [2.24, 2.45) is 0 Å². The van der Waals surface area contributed by atoms with Crippen molar-refractivity contribution in [2.75, 3.05) is 5.32 Å². The molecule has 0 spiro atoms. The summed E-state index contributed by atoms with van der Waals surface area (Å²) < 4.78 is 37.5. The van der Waals surface area contributed by atoms with E-state index in [2.05, 4.69) is 10.3 Å². The second-order valence-electron chi connectivity index (χ2n) is 4.94. The van der Waals surface area contributed by atoms with Crippen molar-refractivity contribution in [3.63, 3.8) is 0 Å². The number of aromatic amines is 1. The Morgan fingerprint density at radius 1 is 1.04 bits per heavy atom. The van der Waals surface area contributed by atoms with Gasteiger partial charge in [-0.2, -0.15) is 13.2 Å². The Morgan fingerprint density at radius 2 is 1.74 bits per heavy atom. The molecule has 2 N–H and O–H groups in total. The summed E-state index contributed by atoms with van der Waals surface area (Å²) in [4.78, 5) is 15.1. The van der Waals surface area contributed by atoms with E-state index in [1.807, 2.05) is 0 Å². The number of alkyl halides is 3. The van der Waals surface area contributed by atoms with Gasteiger partial charge >= 0.3 is 6.18 Å². The monoisotopic (exact) mass is 338 g/mol. The van der Waals surface area contributed by atoms with E-state index < -0.39 is 17.6 Å². The van der Waals surface area contributed by atoms with Crippen molar-refractivity contribution >= 4 is 34.1 Å². The average Bonchev–Trinajstić information content (AvgIpc) is 2.90. The van der Waals surface area contributed by atoms with Gasteiger partial charge < -0.3 is 10.3 Å². The normalized spacial score (nSPS) is 11.7. The van der Waals surface area contributed by atoms with Crippen LogP contribution < -0.4 is 5.32 Å². The first kappa shape index (κ1) is 15.4. The van der Waals surface area contributed by atoms with Crippen molar-refractivity contribution in [1.82, 2.24) is 4.98 Å². The van der Waals surface area contributed by atoms with Crippen molar-refractivity contribution < 1.29 is 18.0 Å². The Bertz CT molecular complexity index is 869. The number of hydrogen-bond donors (Lipinski definition) is 2. The van der Waals surface area contributed by atoms with Gasteiger partial charge in [-0.15, -0.1) is 0 Å². The minimum Gasteiger partial charge on any atom is -0.351 e. The number of hydrogen-bond acceptors (Lipinski definition) is 1. The maximum Gasteiger partial charge on any atom is 0.416 e. The van der Waals surface area contributed by atoms with Crippen LogP contribution in [-0.4, -0.2) is 10.9 Å². The molecule has 3 aromatic rings. The van der Waals surface area contributed by atoms with E-state index in [1.54, 1.807) is 24.3 Å². The molecule has 23 heavy (non-hydrogen) atoms. The lowest BCUT2D eigenvalue weighted by molar-refractivity contribution is -0.137. The second kappa shape index (κ2) is 5.62. The van der Waals surface area contributed by atoms with Crippen molar-refractivity contribution in [2.45, 2.75) is 6.18 Å². The summed E-state index contributed by atoms with van der Waals surface area (Å²) in [6, 6.07) is 11.0. The predicted octanol–water partition coefficient (Wildman–Crippen LogP) is 5.09. The number of aromatic nitrogens is 1. The Labute approximate surface area is 134 Å².